The van der Waals surface area contributed by atoms with Crippen molar-refractivity contribution >= 4 is 23.8 Å². The van der Waals surface area contributed by atoms with Crippen LogP contribution in [-0.2, 0) is 0 Å². The van der Waals surface area contributed by atoms with E-state index >= 15 is 0 Å². The average molecular weight is 435 g/mol. The van der Waals surface area contributed by atoms with Crippen LogP contribution in [0.5, 0.6) is 0 Å². The topological polar surface area (TPSA) is 83.1 Å². The number of hydrogen-bond donors (Lipinski definition) is 2. The highest BCUT2D eigenvalue weighted by Crippen LogP contribution is 2.26. The first-order valence-electron chi connectivity index (χ1n) is 10.6. The summed E-state index contributed by atoms with van der Waals surface area (Å²) in [4.78, 5) is 16.6. The van der Waals surface area contributed by atoms with E-state index < -0.39 is 0 Å². The maximum atomic E-state index is 4.85. The second-order valence-electron chi connectivity index (χ2n) is 7.84. The van der Waals surface area contributed by atoms with Gasteiger partial charge in [-0.15, -0.1) is 0 Å². The lowest BCUT2D eigenvalue weighted by molar-refractivity contribution is 1.05. The van der Waals surface area contributed by atoms with Gasteiger partial charge in [-0.2, -0.15) is 5.10 Å². The van der Waals surface area contributed by atoms with E-state index in [1.165, 1.54) is 0 Å². The van der Waals surface area contributed by atoms with Crippen molar-refractivity contribution in [2.24, 2.45) is 0 Å². The Kier molecular flexibility index (Phi) is 6.26. The van der Waals surface area contributed by atoms with Gasteiger partial charge in [0, 0.05) is 41.3 Å². The van der Waals surface area contributed by atoms with Crippen LogP contribution in [0.4, 0.5) is 0 Å². The molecule has 0 fully saturated rings. The molecule has 0 unspecified atom stereocenters. The van der Waals surface area contributed by atoms with Gasteiger partial charge in [-0.3, -0.25) is 15.1 Å². The van der Waals surface area contributed by atoms with Crippen molar-refractivity contribution in [2.45, 2.75) is 20.8 Å². The molecule has 4 rings (SSSR count). The number of allylic oxidation sites excluding steroid dienone is 4. The van der Waals surface area contributed by atoms with Gasteiger partial charge in [-0.1, -0.05) is 31.4 Å². The fourth-order valence-electron chi connectivity index (χ4n) is 3.58. The Bertz CT molecular complexity index is 1470. The minimum atomic E-state index is 0.663. The van der Waals surface area contributed by atoms with Crippen molar-refractivity contribution in [3.63, 3.8) is 0 Å². The summed E-state index contributed by atoms with van der Waals surface area (Å²) in [5.41, 5.74) is 7.76. The largest absolute Gasteiger partial charge is 0.340 e. The molecular formula is C27H26N6. The van der Waals surface area contributed by atoms with Gasteiger partial charge in [-0.25, -0.2) is 4.98 Å². The molecular weight excluding hydrogens is 408 g/mol. The van der Waals surface area contributed by atoms with Crippen molar-refractivity contribution in [1.82, 2.24) is 30.1 Å². The Morgan fingerprint density at radius 1 is 1.03 bits per heavy atom. The molecule has 4 heterocycles. The zero-order valence-electron chi connectivity index (χ0n) is 19.1. The lowest BCUT2D eigenvalue weighted by Crippen LogP contribution is -2.21. The molecule has 33 heavy (non-hydrogen) atoms. The lowest BCUT2D eigenvalue weighted by atomic mass is 10.0. The molecule has 0 aliphatic carbocycles. The van der Waals surface area contributed by atoms with E-state index in [0.29, 0.717) is 11.5 Å². The van der Waals surface area contributed by atoms with E-state index in [1.807, 2.05) is 56.6 Å². The third kappa shape index (κ3) is 4.65. The summed E-state index contributed by atoms with van der Waals surface area (Å²) in [5.74, 6) is 0.663. The van der Waals surface area contributed by atoms with E-state index in [4.69, 9.17) is 4.98 Å². The molecule has 164 valence electrons. The van der Waals surface area contributed by atoms with Crippen LogP contribution in [-0.4, -0.2) is 30.1 Å². The Hall–Kier alpha value is -4.32. The third-order valence-corrected chi connectivity index (χ3v) is 5.37. The molecule has 6 heteroatoms. The van der Waals surface area contributed by atoms with Gasteiger partial charge >= 0.3 is 0 Å². The van der Waals surface area contributed by atoms with E-state index in [0.717, 1.165) is 49.8 Å². The second kappa shape index (κ2) is 9.44. The molecule has 0 aliphatic rings. The first-order chi connectivity index (χ1) is 16.0. The molecule has 0 bridgehead atoms. The SMILES string of the molecule is C=C/C=C(/c1ccncc1)c1nc(-c2n[nH]/c(=C/C=C(\C)c3cncc(C)c3)c2=C)[nH]c1C. The van der Waals surface area contributed by atoms with Crippen LogP contribution < -0.4 is 10.6 Å². The maximum Gasteiger partial charge on any atom is 0.159 e. The van der Waals surface area contributed by atoms with Crippen molar-refractivity contribution in [2.75, 3.05) is 0 Å². The number of nitrogens with zero attached hydrogens (tertiary/aromatic N) is 4. The molecule has 4 aromatic heterocycles. The first kappa shape index (κ1) is 21.9. The van der Waals surface area contributed by atoms with Gasteiger partial charge in [0.1, 0.15) is 5.69 Å². The Morgan fingerprint density at radius 3 is 2.55 bits per heavy atom. The minimum absolute atomic E-state index is 0.663. The van der Waals surface area contributed by atoms with Crippen LogP contribution >= 0.6 is 0 Å². The molecule has 0 atom stereocenters. The number of aromatic amines is 2. The fraction of sp³-hybridized carbons (Fsp3) is 0.111. The Balaban J connectivity index is 1.70. The van der Waals surface area contributed by atoms with E-state index in [9.17, 15) is 0 Å². The monoisotopic (exact) mass is 434 g/mol. The van der Waals surface area contributed by atoms with Crippen LogP contribution in [0.1, 0.15) is 35.0 Å². The molecule has 0 spiro atoms. The van der Waals surface area contributed by atoms with Gasteiger partial charge < -0.3 is 4.98 Å². The number of aromatic nitrogens is 6. The summed E-state index contributed by atoms with van der Waals surface area (Å²) >= 11 is 0. The number of aryl methyl sites for hydroxylation is 2. The molecule has 0 amide bonds. The van der Waals surface area contributed by atoms with Crippen LogP contribution in [0.3, 0.4) is 0 Å². The predicted molar refractivity (Wildman–Crippen MR) is 134 cm³/mol. The third-order valence-electron chi connectivity index (χ3n) is 5.37. The van der Waals surface area contributed by atoms with Crippen LogP contribution in [0, 0.1) is 13.8 Å². The summed E-state index contributed by atoms with van der Waals surface area (Å²) < 4.78 is 0. The Labute approximate surface area is 192 Å². The highest BCUT2D eigenvalue weighted by molar-refractivity contribution is 5.80. The fourth-order valence-corrected chi connectivity index (χ4v) is 3.58. The molecule has 6 nitrogen and oxygen atoms in total. The second-order valence-corrected chi connectivity index (χ2v) is 7.84. The summed E-state index contributed by atoms with van der Waals surface area (Å²) in [6.45, 7) is 14.2. The standard InChI is InChI=1S/C27H26N6/c1-6-7-23(21-10-12-28-13-11-21)26-20(5)30-27(31-26)25-19(4)24(32-33-25)9-8-18(3)22-14-17(2)15-29-16-22/h6-16,32H,1,4H2,2-3,5H3,(H,30,31)/b18-8+,23-7-,24-9+. The van der Waals surface area contributed by atoms with Crippen molar-refractivity contribution in [1.29, 1.82) is 0 Å². The average Bonchev–Trinajstić information content (AvgIpc) is 3.38. The van der Waals surface area contributed by atoms with E-state index in [1.54, 1.807) is 18.5 Å². The Morgan fingerprint density at radius 2 is 1.82 bits per heavy atom. The van der Waals surface area contributed by atoms with Gasteiger partial charge in [0.25, 0.3) is 0 Å². The number of rotatable bonds is 6. The number of H-pyrrole nitrogens is 2. The van der Waals surface area contributed by atoms with Gasteiger partial charge in [-0.05, 0) is 67.3 Å². The molecule has 0 aromatic carbocycles. The normalized spacial score (nSPS) is 12.9. The molecule has 0 saturated carbocycles. The van der Waals surface area contributed by atoms with Crippen LogP contribution in [0.15, 0.2) is 67.8 Å². The van der Waals surface area contributed by atoms with Crippen LogP contribution in [0.25, 0.3) is 35.3 Å². The zero-order valence-corrected chi connectivity index (χ0v) is 19.1. The summed E-state index contributed by atoms with van der Waals surface area (Å²) in [6.07, 6.45) is 15.0. The predicted octanol–water partition coefficient (Wildman–Crippen LogP) is 4.12. The maximum absolute atomic E-state index is 4.85. The smallest absolute Gasteiger partial charge is 0.159 e. The van der Waals surface area contributed by atoms with Crippen LogP contribution in [0.2, 0.25) is 0 Å². The van der Waals surface area contributed by atoms with E-state index in [2.05, 4.69) is 51.3 Å². The number of nitrogens with one attached hydrogen (secondary N) is 2. The highest BCUT2D eigenvalue weighted by Gasteiger charge is 2.16. The van der Waals surface area contributed by atoms with Crippen molar-refractivity contribution < 1.29 is 0 Å². The van der Waals surface area contributed by atoms with Crippen molar-refractivity contribution in [3.8, 4) is 11.5 Å². The summed E-state index contributed by atoms with van der Waals surface area (Å²) in [6, 6.07) is 6.02. The molecule has 0 aliphatic heterocycles. The number of pyridine rings is 2. The molecule has 0 saturated heterocycles. The zero-order chi connectivity index (χ0) is 23.4. The lowest BCUT2D eigenvalue weighted by Gasteiger charge is -2.05. The first-order valence-corrected chi connectivity index (χ1v) is 10.6. The molecule has 0 radical (unpaired) electrons. The molecule has 4 aromatic rings. The highest BCUT2D eigenvalue weighted by atomic mass is 15.1. The quantitative estimate of drug-likeness (QED) is 0.447. The summed E-state index contributed by atoms with van der Waals surface area (Å²) in [7, 11) is 0. The number of imidazole rings is 1. The van der Waals surface area contributed by atoms with Gasteiger partial charge in [0.2, 0.25) is 0 Å². The van der Waals surface area contributed by atoms with Gasteiger partial charge in [0.15, 0.2) is 5.82 Å². The molecule has 2 N–H and O–H groups in total. The van der Waals surface area contributed by atoms with Crippen molar-refractivity contribution in [3.05, 3.63) is 106 Å². The minimum Gasteiger partial charge on any atom is -0.340 e. The van der Waals surface area contributed by atoms with Gasteiger partial charge in [0.05, 0.1) is 11.0 Å². The summed E-state index contributed by atoms with van der Waals surface area (Å²) in [5, 5.41) is 9.17. The van der Waals surface area contributed by atoms with E-state index in [-0.39, 0.29) is 0 Å². The number of hydrogen-bond acceptors (Lipinski definition) is 4.